The summed E-state index contributed by atoms with van der Waals surface area (Å²) < 4.78 is 58.2. The molecule has 1 N–H and O–H groups in total. The lowest BCUT2D eigenvalue weighted by Gasteiger charge is -2.14. The van der Waals surface area contributed by atoms with Crippen molar-refractivity contribution in [3.05, 3.63) is 64.5 Å². The van der Waals surface area contributed by atoms with Crippen molar-refractivity contribution in [3.63, 3.8) is 0 Å². The number of nitrogens with zero attached hydrogens (tertiary/aromatic N) is 4. The summed E-state index contributed by atoms with van der Waals surface area (Å²) in [5.41, 5.74) is 0.605. The summed E-state index contributed by atoms with van der Waals surface area (Å²) in [6, 6.07) is 2.43. The van der Waals surface area contributed by atoms with Crippen molar-refractivity contribution >= 4 is 28.4 Å². The highest BCUT2D eigenvalue weighted by Crippen LogP contribution is 2.39. The lowest BCUT2D eigenvalue weighted by molar-refractivity contribution is -0.136. The van der Waals surface area contributed by atoms with Gasteiger partial charge in [0.05, 0.1) is 5.56 Å². The summed E-state index contributed by atoms with van der Waals surface area (Å²) in [6.07, 6.45) is 2.41. The maximum Gasteiger partial charge on any atom is 0.420 e. The Morgan fingerprint density at radius 3 is 2.66 bits per heavy atom. The Kier molecular flexibility index (Phi) is 5.27. The summed E-state index contributed by atoms with van der Waals surface area (Å²) in [6.45, 7) is 2.06. The Morgan fingerprint density at radius 2 is 1.97 bits per heavy atom. The van der Waals surface area contributed by atoms with Crippen LogP contribution in [-0.2, 0) is 6.18 Å². The van der Waals surface area contributed by atoms with Gasteiger partial charge in [0.25, 0.3) is 0 Å². The van der Waals surface area contributed by atoms with Crippen LogP contribution < -0.4 is 10.6 Å². The third kappa shape index (κ3) is 3.60. The zero-order valence-corrected chi connectivity index (χ0v) is 17.4. The van der Waals surface area contributed by atoms with Crippen molar-refractivity contribution in [1.29, 1.82) is 0 Å². The fourth-order valence-electron chi connectivity index (χ4n) is 4.00. The maximum absolute atomic E-state index is 15.4. The van der Waals surface area contributed by atoms with Crippen LogP contribution in [0, 0.1) is 5.82 Å². The summed E-state index contributed by atoms with van der Waals surface area (Å²) in [7, 11) is 0. The number of pyridine rings is 2. The number of fused-ring (bicyclic) bond motifs is 1. The Balaban J connectivity index is 1.71. The summed E-state index contributed by atoms with van der Waals surface area (Å²) >= 11 is 6.48. The van der Waals surface area contributed by atoms with E-state index in [1.807, 2.05) is 6.08 Å². The molecule has 10 heteroatoms. The SMILES string of the molecule is Fc1c(-c2nc3c(C(F)(F)F)cc(C4=CCNC4)cn3c2Cl)ccnc1C1=CC[N]CC1. The molecule has 5 heterocycles. The minimum atomic E-state index is -4.66. The van der Waals surface area contributed by atoms with Crippen LogP contribution >= 0.6 is 11.6 Å². The van der Waals surface area contributed by atoms with Crippen molar-refractivity contribution in [1.82, 2.24) is 25.0 Å². The average molecular weight is 463 g/mol. The number of aromatic nitrogens is 3. The molecule has 0 spiro atoms. The highest BCUT2D eigenvalue weighted by atomic mass is 35.5. The lowest BCUT2D eigenvalue weighted by atomic mass is 10.0. The average Bonchev–Trinajstić information content (AvgIpc) is 3.42. The van der Waals surface area contributed by atoms with E-state index in [0.29, 0.717) is 43.7 Å². The molecule has 0 amide bonds. The Bertz CT molecular complexity index is 1280. The first kappa shape index (κ1) is 21.1. The minimum absolute atomic E-state index is 0.00327. The van der Waals surface area contributed by atoms with Crippen molar-refractivity contribution < 1.29 is 17.6 Å². The van der Waals surface area contributed by atoms with Crippen LogP contribution in [0.5, 0.6) is 0 Å². The van der Waals surface area contributed by atoms with Crippen LogP contribution in [0.4, 0.5) is 17.6 Å². The van der Waals surface area contributed by atoms with Crippen molar-refractivity contribution in [2.24, 2.45) is 0 Å². The topological polar surface area (TPSA) is 56.3 Å². The van der Waals surface area contributed by atoms with Gasteiger partial charge in [-0.15, -0.1) is 0 Å². The molecule has 0 saturated heterocycles. The van der Waals surface area contributed by atoms with Gasteiger partial charge in [-0.25, -0.2) is 14.7 Å². The van der Waals surface area contributed by atoms with Gasteiger partial charge in [-0.3, -0.25) is 9.38 Å². The molecule has 5 rings (SSSR count). The van der Waals surface area contributed by atoms with Crippen LogP contribution in [0.3, 0.4) is 0 Å². The molecule has 2 aliphatic rings. The molecule has 0 fully saturated rings. The van der Waals surface area contributed by atoms with Gasteiger partial charge in [0, 0.05) is 44.1 Å². The molecule has 0 aliphatic carbocycles. The highest BCUT2D eigenvalue weighted by molar-refractivity contribution is 6.32. The number of imidazole rings is 1. The monoisotopic (exact) mass is 462 g/mol. The van der Waals surface area contributed by atoms with Gasteiger partial charge in [0.15, 0.2) is 11.5 Å². The highest BCUT2D eigenvalue weighted by Gasteiger charge is 2.36. The van der Waals surface area contributed by atoms with Gasteiger partial charge in [-0.05, 0) is 35.3 Å². The van der Waals surface area contributed by atoms with E-state index in [1.54, 1.807) is 6.08 Å². The maximum atomic E-state index is 15.4. The van der Waals surface area contributed by atoms with E-state index in [0.717, 1.165) is 11.6 Å². The Hall–Kier alpha value is -2.75. The third-order valence-electron chi connectivity index (χ3n) is 5.60. The van der Waals surface area contributed by atoms with Crippen molar-refractivity contribution in [2.45, 2.75) is 12.6 Å². The number of halogens is 5. The Labute approximate surface area is 185 Å². The number of rotatable bonds is 3. The first-order chi connectivity index (χ1) is 15.3. The first-order valence-corrected chi connectivity index (χ1v) is 10.4. The molecule has 3 aromatic rings. The molecular weight excluding hydrogens is 446 g/mol. The molecule has 5 nitrogen and oxygen atoms in total. The van der Waals surface area contributed by atoms with Crippen LogP contribution in [-0.4, -0.2) is 40.5 Å². The number of hydrogen-bond acceptors (Lipinski definition) is 3. The van der Waals surface area contributed by atoms with Gasteiger partial charge in [-0.1, -0.05) is 23.8 Å². The molecule has 3 aromatic heterocycles. The van der Waals surface area contributed by atoms with E-state index >= 15 is 4.39 Å². The van der Waals surface area contributed by atoms with Gasteiger partial charge in [0.1, 0.15) is 16.5 Å². The Morgan fingerprint density at radius 1 is 1.12 bits per heavy atom. The second-order valence-electron chi connectivity index (χ2n) is 7.58. The molecule has 0 saturated carbocycles. The first-order valence-electron chi connectivity index (χ1n) is 10.0. The molecule has 1 radical (unpaired) electrons. The summed E-state index contributed by atoms with van der Waals surface area (Å²) in [4.78, 5) is 8.27. The quantitative estimate of drug-likeness (QED) is 0.579. The minimum Gasteiger partial charge on any atom is -0.309 e. The van der Waals surface area contributed by atoms with E-state index in [4.69, 9.17) is 11.6 Å². The normalized spacial score (nSPS) is 17.0. The third-order valence-corrected chi connectivity index (χ3v) is 5.96. The number of hydrogen-bond donors (Lipinski definition) is 1. The molecule has 0 bridgehead atoms. The molecular formula is C22H17ClF4N5. The van der Waals surface area contributed by atoms with E-state index in [-0.39, 0.29) is 27.8 Å². The summed E-state index contributed by atoms with van der Waals surface area (Å²) in [5.74, 6) is -0.664. The predicted octanol–water partition coefficient (Wildman–Crippen LogP) is 4.59. The molecule has 2 aliphatic heterocycles. The van der Waals surface area contributed by atoms with Crippen LogP contribution in [0.2, 0.25) is 5.15 Å². The van der Waals surface area contributed by atoms with Gasteiger partial charge < -0.3 is 5.32 Å². The summed E-state index contributed by atoms with van der Waals surface area (Å²) in [5, 5.41) is 7.17. The predicted molar refractivity (Wildman–Crippen MR) is 114 cm³/mol. The van der Waals surface area contributed by atoms with Crippen LogP contribution in [0.15, 0.2) is 36.7 Å². The second-order valence-corrected chi connectivity index (χ2v) is 7.93. The van der Waals surface area contributed by atoms with Gasteiger partial charge in [-0.2, -0.15) is 13.2 Å². The molecule has 0 atom stereocenters. The zero-order chi connectivity index (χ0) is 22.5. The molecule has 0 aromatic carbocycles. The van der Waals surface area contributed by atoms with E-state index in [2.05, 4.69) is 20.6 Å². The fraction of sp³-hybridized carbons (Fsp3) is 0.273. The van der Waals surface area contributed by atoms with Crippen LogP contribution in [0.1, 0.15) is 23.2 Å². The van der Waals surface area contributed by atoms with Gasteiger partial charge >= 0.3 is 6.18 Å². The number of nitrogens with one attached hydrogen (secondary N) is 1. The van der Waals surface area contributed by atoms with E-state index in [1.165, 1.54) is 22.9 Å². The number of alkyl halides is 3. The van der Waals surface area contributed by atoms with Crippen LogP contribution in [0.25, 0.3) is 28.1 Å². The smallest absolute Gasteiger partial charge is 0.309 e. The molecule has 165 valence electrons. The zero-order valence-electron chi connectivity index (χ0n) is 16.7. The second kappa shape index (κ2) is 7.99. The lowest BCUT2D eigenvalue weighted by Crippen LogP contribution is -2.14. The van der Waals surface area contributed by atoms with E-state index in [9.17, 15) is 13.2 Å². The van der Waals surface area contributed by atoms with E-state index < -0.39 is 17.6 Å². The fourth-order valence-corrected chi connectivity index (χ4v) is 4.27. The van der Waals surface area contributed by atoms with Crippen molar-refractivity contribution in [2.75, 3.05) is 26.2 Å². The molecule has 0 unspecified atom stereocenters. The largest absolute Gasteiger partial charge is 0.420 e. The van der Waals surface area contributed by atoms with Crippen molar-refractivity contribution in [3.8, 4) is 11.3 Å². The van der Waals surface area contributed by atoms with Gasteiger partial charge in [0.2, 0.25) is 0 Å². The standard InChI is InChI=1S/C22H17ClF4N5/c23-20-19(15-4-8-30-18(17(15)24)12-1-5-28-6-2-12)31-21-16(22(25,26)27)9-14(11-32(20)21)13-3-7-29-10-13/h1,3-4,8-9,11,29H,2,5-7,10H2. The molecule has 32 heavy (non-hydrogen) atoms.